The number of carbonyl (C=O) groups excluding carboxylic acids is 2. The summed E-state index contributed by atoms with van der Waals surface area (Å²) in [6, 6.07) is 10.1. The Balaban J connectivity index is 1.71. The fraction of sp³-hybridized carbons (Fsp3) is 0.273. The van der Waals surface area contributed by atoms with Crippen molar-refractivity contribution in [2.75, 3.05) is 5.32 Å². The Bertz CT molecular complexity index is 1120. The number of thioether (sulfide) groups is 2. The van der Waals surface area contributed by atoms with E-state index in [0.717, 1.165) is 21.2 Å². The van der Waals surface area contributed by atoms with Gasteiger partial charge in [0, 0.05) is 16.3 Å². The van der Waals surface area contributed by atoms with Gasteiger partial charge in [0.15, 0.2) is 5.16 Å². The van der Waals surface area contributed by atoms with Crippen LogP contribution in [0.3, 0.4) is 0 Å². The maximum Gasteiger partial charge on any atom is 0.251 e. The van der Waals surface area contributed by atoms with E-state index in [9.17, 15) is 9.59 Å². The molecule has 3 rings (SSSR count). The maximum atomic E-state index is 12.8. The van der Waals surface area contributed by atoms with Crippen molar-refractivity contribution in [3.05, 3.63) is 64.8 Å². The van der Waals surface area contributed by atoms with Crippen molar-refractivity contribution < 1.29 is 9.59 Å². The fourth-order valence-corrected chi connectivity index (χ4v) is 5.73. The van der Waals surface area contributed by atoms with E-state index in [2.05, 4.69) is 34.2 Å². The fourth-order valence-electron chi connectivity index (χ4n) is 2.93. The molecule has 1 atom stereocenters. The summed E-state index contributed by atoms with van der Waals surface area (Å²) in [4.78, 5) is 26.8. The number of rotatable bonds is 10. The monoisotopic (exact) mass is 487 g/mol. The summed E-state index contributed by atoms with van der Waals surface area (Å²) in [5, 5.41) is 12.2. The van der Waals surface area contributed by atoms with E-state index in [0.29, 0.717) is 28.0 Å². The zero-order valence-corrected chi connectivity index (χ0v) is 20.6. The van der Waals surface area contributed by atoms with Crippen molar-refractivity contribution >= 4 is 51.7 Å². The molecule has 0 radical (unpaired) electrons. The summed E-state index contributed by atoms with van der Waals surface area (Å²) in [5.74, 6) is 0.692. The van der Waals surface area contributed by atoms with Crippen LogP contribution in [0.5, 0.6) is 0 Å². The van der Waals surface area contributed by atoms with Gasteiger partial charge in [-0.05, 0) is 38.5 Å². The first-order chi connectivity index (χ1) is 15.3. The first-order valence-corrected chi connectivity index (χ1v) is 12.6. The van der Waals surface area contributed by atoms with Crippen molar-refractivity contribution in [3.8, 4) is 0 Å². The number of primary amides is 1. The molecule has 0 spiro atoms. The van der Waals surface area contributed by atoms with E-state index in [1.54, 1.807) is 24.8 Å². The molecule has 2 aromatic heterocycles. The lowest BCUT2D eigenvalue weighted by Gasteiger charge is -2.13. The molecule has 0 saturated carbocycles. The van der Waals surface area contributed by atoms with Crippen molar-refractivity contribution in [2.24, 2.45) is 5.73 Å². The molecule has 2 amide bonds. The highest BCUT2D eigenvalue weighted by molar-refractivity contribution is 8.00. The van der Waals surface area contributed by atoms with Crippen LogP contribution in [0.2, 0.25) is 0 Å². The molecule has 3 aromatic rings. The quantitative estimate of drug-likeness (QED) is 0.319. The Morgan fingerprint density at radius 2 is 2.00 bits per heavy atom. The summed E-state index contributed by atoms with van der Waals surface area (Å²) >= 11 is 4.34. The van der Waals surface area contributed by atoms with Crippen molar-refractivity contribution in [2.45, 2.75) is 48.4 Å². The molecule has 0 aliphatic rings. The second kappa shape index (κ2) is 10.8. The second-order valence-electron chi connectivity index (χ2n) is 7.00. The highest BCUT2D eigenvalue weighted by Crippen LogP contribution is 2.33. The van der Waals surface area contributed by atoms with Crippen molar-refractivity contribution in [1.29, 1.82) is 0 Å². The predicted molar refractivity (Wildman–Crippen MR) is 132 cm³/mol. The number of benzene rings is 1. The lowest BCUT2D eigenvalue weighted by Crippen LogP contribution is -2.24. The molecule has 168 valence electrons. The van der Waals surface area contributed by atoms with E-state index < -0.39 is 11.2 Å². The molecule has 10 heteroatoms. The maximum absolute atomic E-state index is 12.8. The molecule has 0 fully saturated rings. The number of allylic oxidation sites excluding steroid dienone is 1. The second-order valence-corrected chi connectivity index (χ2v) is 10.6. The van der Waals surface area contributed by atoms with Crippen LogP contribution in [-0.4, -0.2) is 31.8 Å². The van der Waals surface area contributed by atoms with Gasteiger partial charge in [-0.3, -0.25) is 9.59 Å². The Morgan fingerprint density at radius 1 is 1.28 bits per heavy atom. The van der Waals surface area contributed by atoms with E-state index in [4.69, 9.17) is 5.73 Å². The zero-order valence-electron chi connectivity index (χ0n) is 18.1. The summed E-state index contributed by atoms with van der Waals surface area (Å²) in [5.41, 5.74) is 6.67. The first-order valence-electron chi connectivity index (χ1n) is 9.90. The standard InChI is InChI=1S/C22H25N5O2S3/c1-5-11-27-17(12-30-16-9-7-6-8-10-16)25-26-22(27)32-15(4)20(29)24-21-18(19(23)28)13(2)14(3)31-21/h5-10,15H,1,11-12H2,2-4H3,(H2,23,28)(H,24,29). The number of nitrogens with two attached hydrogens (primary N) is 1. The highest BCUT2D eigenvalue weighted by Gasteiger charge is 2.24. The average Bonchev–Trinajstić information content (AvgIpc) is 3.27. The van der Waals surface area contributed by atoms with E-state index in [1.165, 1.54) is 23.1 Å². The van der Waals surface area contributed by atoms with E-state index >= 15 is 0 Å². The van der Waals surface area contributed by atoms with Gasteiger partial charge in [0.2, 0.25) is 5.91 Å². The van der Waals surface area contributed by atoms with Gasteiger partial charge in [0.1, 0.15) is 10.8 Å². The van der Waals surface area contributed by atoms with Gasteiger partial charge in [0.05, 0.1) is 16.6 Å². The number of thiophene rings is 1. The number of nitrogens with zero attached hydrogens (tertiary/aromatic N) is 3. The number of nitrogens with one attached hydrogen (secondary N) is 1. The Kier molecular flexibility index (Phi) is 8.16. The topological polar surface area (TPSA) is 103 Å². The predicted octanol–water partition coefficient (Wildman–Crippen LogP) is 4.65. The largest absolute Gasteiger partial charge is 0.365 e. The molecular weight excluding hydrogens is 462 g/mol. The van der Waals surface area contributed by atoms with Crippen LogP contribution in [0.25, 0.3) is 0 Å². The minimum Gasteiger partial charge on any atom is -0.365 e. The van der Waals surface area contributed by atoms with Crippen LogP contribution in [-0.2, 0) is 17.1 Å². The van der Waals surface area contributed by atoms with Crippen LogP contribution in [0, 0.1) is 13.8 Å². The Labute approximate surface area is 199 Å². The summed E-state index contributed by atoms with van der Waals surface area (Å²) in [6.07, 6.45) is 1.78. The van der Waals surface area contributed by atoms with Gasteiger partial charge in [0.25, 0.3) is 5.91 Å². The molecule has 0 bridgehead atoms. The molecule has 0 aliphatic heterocycles. The number of anilines is 1. The highest BCUT2D eigenvalue weighted by atomic mass is 32.2. The zero-order chi connectivity index (χ0) is 23.3. The minimum atomic E-state index is -0.547. The lowest BCUT2D eigenvalue weighted by atomic mass is 10.1. The molecule has 0 saturated heterocycles. The lowest BCUT2D eigenvalue weighted by molar-refractivity contribution is -0.115. The van der Waals surface area contributed by atoms with Gasteiger partial charge >= 0.3 is 0 Å². The van der Waals surface area contributed by atoms with Gasteiger partial charge in [-0.15, -0.1) is 39.9 Å². The molecule has 2 heterocycles. The molecule has 32 heavy (non-hydrogen) atoms. The Hall–Kier alpha value is -2.56. The van der Waals surface area contributed by atoms with Gasteiger partial charge in [-0.2, -0.15) is 0 Å². The third kappa shape index (κ3) is 5.62. The number of hydrogen-bond acceptors (Lipinski definition) is 7. The number of amides is 2. The van der Waals surface area contributed by atoms with E-state index in [1.807, 2.05) is 36.6 Å². The van der Waals surface area contributed by atoms with Crippen molar-refractivity contribution in [1.82, 2.24) is 14.8 Å². The van der Waals surface area contributed by atoms with Gasteiger partial charge in [-0.1, -0.05) is 36.0 Å². The average molecular weight is 488 g/mol. The third-order valence-electron chi connectivity index (χ3n) is 4.74. The van der Waals surface area contributed by atoms with Crippen LogP contribution < -0.4 is 11.1 Å². The number of carbonyl (C=O) groups is 2. The SMILES string of the molecule is C=CCn1c(CSc2ccccc2)nnc1SC(C)C(=O)Nc1sc(C)c(C)c1C(N)=O. The van der Waals surface area contributed by atoms with Gasteiger partial charge < -0.3 is 15.6 Å². The molecule has 1 unspecified atom stereocenters. The van der Waals surface area contributed by atoms with Crippen molar-refractivity contribution in [3.63, 3.8) is 0 Å². The van der Waals surface area contributed by atoms with Gasteiger partial charge in [-0.25, -0.2) is 0 Å². The number of aryl methyl sites for hydroxylation is 1. The smallest absolute Gasteiger partial charge is 0.251 e. The third-order valence-corrected chi connectivity index (χ3v) is 7.95. The van der Waals surface area contributed by atoms with Crippen LogP contribution in [0.15, 0.2) is 53.0 Å². The van der Waals surface area contributed by atoms with Crippen LogP contribution in [0.4, 0.5) is 5.00 Å². The number of aromatic nitrogens is 3. The summed E-state index contributed by atoms with van der Waals surface area (Å²) in [7, 11) is 0. The summed E-state index contributed by atoms with van der Waals surface area (Å²) in [6.45, 7) is 9.89. The molecule has 0 aliphatic carbocycles. The Morgan fingerprint density at radius 3 is 2.66 bits per heavy atom. The summed E-state index contributed by atoms with van der Waals surface area (Å²) < 4.78 is 1.96. The van der Waals surface area contributed by atoms with Crippen LogP contribution >= 0.6 is 34.9 Å². The molecule has 1 aromatic carbocycles. The van der Waals surface area contributed by atoms with Crippen LogP contribution in [0.1, 0.15) is 33.5 Å². The number of hydrogen-bond donors (Lipinski definition) is 2. The first kappa shape index (κ1) is 24.1. The molecular formula is C22H25N5O2S3. The van der Waals surface area contributed by atoms with E-state index in [-0.39, 0.29) is 5.91 Å². The molecule has 7 nitrogen and oxygen atoms in total. The minimum absolute atomic E-state index is 0.230. The molecule has 3 N–H and O–H groups in total. The normalized spacial score (nSPS) is 11.8.